The lowest BCUT2D eigenvalue weighted by Crippen LogP contribution is -2.32. The molecule has 3 unspecified atom stereocenters. The second-order valence-electron chi connectivity index (χ2n) is 5.21. The molecule has 0 aromatic heterocycles. The lowest BCUT2D eigenvalue weighted by Gasteiger charge is -2.29. The van der Waals surface area contributed by atoms with Gasteiger partial charge in [-0.05, 0) is 25.7 Å². The summed E-state index contributed by atoms with van der Waals surface area (Å²) in [7, 11) is 0. The van der Waals surface area contributed by atoms with Crippen LogP contribution in [0.3, 0.4) is 0 Å². The molecule has 0 rings (SSSR count). The van der Waals surface area contributed by atoms with Crippen LogP contribution in [0.25, 0.3) is 0 Å². The summed E-state index contributed by atoms with van der Waals surface area (Å²) in [6.07, 6.45) is 3.12. The van der Waals surface area contributed by atoms with Gasteiger partial charge < -0.3 is 9.47 Å². The van der Waals surface area contributed by atoms with E-state index in [1.54, 1.807) is 13.8 Å². The molecule has 0 aromatic rings. The molecule has 0 saturated heterocycles. The zero-order chi connectivity index (χ0) is 15.5. The molecule has 0 saturated carbocycles. The van der Waals surface area contributed by atoms with E-state index in [2.05, 4.69) is 20.8 Å². The molecule has 0 heterocycles. The molecule has 0 radical (unpaired) electrons. The molecule has 4 nitrogen and oxygen atoms in total. The fourth-order valence-electron chi connectivity index (χ4n) is 2.81. The molecule has 0 aromatic carbocycles. The first-order valence-electron chi connectivity index (χ1n) is 7.83. The van der Waals surface area contributed by atoms with Crippen LogP contribution in [0.15, 0.2) is 0 Å². The van der Waals surface area contributed by atoms with Crippen LogP contribution in [0.1, 0.15) is 60.3 Å². The largest absolute Gasteiger partial charge is 0.466 e. The van der Waals surface area contributed by atoms with Gasteiger partial charge in [-0.1, -0.05) is 40.0 Å². The third kappa shape index (κ3) is 6.40. The van der Waals surface area contributed by atoms with E-state index in [1.807, 2.05) is 0 Å². The maximum atomic E-state index is 12.2. The minimum absolute atomic E-state index is 0.124. The molecule has 0 N–H and O–H groups in total. The Labute approximate surface area is 123 Å². The fraction of sp³-hybridized carbons (Fsp3) is 0.875. The standard InChI is InChI=1S/C16H30O4/c1-6-10-12(5)13(7-2)14(16(18)20-9-4)11-15(17)19-8-3/h12-14H,6-11H2,1-5H3. The molecule has 0 aliphatic rings. The molecule has 0 amide bonds. The third-order valence-electron chi connectivity index (χ3n) is 3.74. The maximum Gasteiger partial charge on any atom is 0.309 e. The van der Waals surface area contributed by atoms with E-state index >= 15 is 0 Å². The van der Waals surface area contributed by atoms with Crippen LogP contribution >= 0.6 is 0 Å². The molecule has 0 bridgehead atoms. The van der Waals surface area contributed by atoms with Crippen molar-refractivity contribution in [2.45, 2.75) is 60.3 Å². The average molecular weight is 286 g/mol. The number of carbonyl (C=O) groups excluding carboxylic acids is 2. The molecule has 3 atom stereocenters. The Hall–Kier alpha value is -1.06. The maximum absolute atomic E-state index is 12.2. The Morgan fingerprint density at radius 2 is 1.60 bits per heavy atom. The first-order chi connectivity index (χ1) is 9.51. The summed E-state index contributed by atoms with van der Waals surface area (Å²) in [5.41, 5.74) is 0. The Balaban J connectivity index is 4.95. The zero-order valence-corrected chi connectivity index (χ0v) is 13.6. The molecular weight excluding hydrogens is 256 g/mol. The highest BCUT2D eigenvalue weighted by Gasteiger charge is 2.34. The number of hydrogen-bond acceptors (Lipinski definition) is 4. The van der Waals surface area contributed by atoms with E-state index in [4.69, 9.17) is 9.47 Å². The van der Waals surface area contributed by atoms with Gasteiger partial charge in [0.2, 0.25) is 0 Å². The van der Waals surface area contributed by atoms with Crippen LogP contribution in [-0.4, -0.2) is 25.2 Å². The van der Waals surface area contributed by atoms with E-state index < -0.39 is 0 Å². The predicted molar refractivity (Wildman–Crippen MR) is 79.2 cm³/mol. The third-order valence-corrected chi connectivity index (χ3v) is 3.74. The van der Waals surface area contributed by atoms with Crippen LogP contribution in [0.5, 0.6) is 0 Å². The first kappa shape index (κ1) is 18.9. The summed E-state index contributed by atoms with van der Waals surface area (Å²) < 4.78 is 10.1. The molecule has 20 heavy (non-hydrogen) atoms. The normalized spacial score (nSPS) is 15.2. The van der Waals surface area contributed by atoms with Gasteiger partial charge in [0.05, 0.1) is 25.6 Å². The second-order valence-corrected chi connectivity index (χ2v) is 5.21. The molecular formula is C16H30O4. The number of ether oxygens (including phenoxy) is 2. The number of carbonyl (C=O) groups is 2. The molecule has 0 spiro atoms. The number of esters is 2. The van der Waals surface area contributed by atoms with Gasteiger partial charge in [-0.15, -0.1) is 0 Å². The van der Waals surface area contributed by atoms with Crippen molar-refractivity contribution in [1.29, 1.82) is 0 Å². The van der Waals surface area contributed by atoms with Crippen molar-refractivity contribution < 1.29 is 19.1 Å². The van der Waals surface area contributed by atoms with E-state index in [1.165, 1.54) is 0 Å². The van der Waals surface area contributed by atoms with Crippen LogP contribution in [0.2, 0.25) is 0 Å². The van der Waals surface area contributed by atoms with Crippen molar-refractivity contribution in [3.05, 3.63) is 0 Å². The monoisotopic (exact) mass is 286 g/mol. The summed E-state index contributed by atoms with van der Waals surface area (Å²) in [6.45, 7) is 10.6. The summed E-state index contributed by atoms with van der Waals surface area (Å²) in [6, 6.07) is 0. The second kappa shape index (κ2) is 10.7. The highest BCUT2D eigenvalue weighted by atomic mass is 16.5. The van der Waals surface area contributed by atoms with Gasteiger partial charge in [0.1, 0.15) is 0 Å². The molecule has 118 valence electrons. The van der Waals surface area contributed by atoms with Crippen molar-refractivity contribution in [3.63, 3.8) is 0 Å². The predicted octanol–water partition coefficient (Wildman–Crippen LogP) is 3.58. The van der Waals surface area contributed by atoms with Crippen molar-refractivity contribution in [3.8, 4) is 0 Å². The molecule has 0 aliphatic carbocycles. The SMILES string of the molecule is CCCC(C)C(CC)C(CC(=O)OCC)C(=O)OCC. The van der Waals surface area contributed by atoms with E-state index in [9.17, 15) is 9.59 Å². The highest BCUT2D eigenvalue weighted by Crippen LogP contribution is 2.31. The van der Waals surface area contributed by atoms with Gasteiger partial charge in [0, 0.05) is 0 Å². The lowest BCUT2D eigenvalue weighted by molar-refractivity contribution is -0.157. The smallest absolute Gasteiger partial charge is 0.309 e. The van der Waals surface area contributed by atoms with Gasteiger partial charge in [-0.3, -0.25) is 9.59 Å². The van der Waals surface area contributed by atoms with Crippen LogP contribution in [0.4, 0.5) is 0 Å². The van der Waals surface area contributed by atoms with Crippen LogP contribution < -0.4 is 0 Å². The quantitative estimate of drug-likeness (QED) is 0.576. The van der Waals surface area contributed by atoms with Crippen molar-refractivity contribution in [1.82, 2.24) is 0 Å². The summed E-state index contributed by atoms with van der Waals surface area (Å²) in [4.78, 5) is 23.9. The first-order valence-corrected chi connectivity index (χ1v) is 7.83. The Kier molecular flexibility index (Phi) is 10.1. The fourth-order valence-corrected chi connectivity index (χ4v) is 2.81. The summed E-state index contributed by atoms with van der Waals surface area (Å²) in [5.74, 6) is -0.407. The van der Waals surface area contributed by atoms with E-state index in [0.717, 1.165) is 19.3 Å². The van der Waals surface area contributed by atoms with Crippen LogP contribution in [-0.2, 0) is 19.1 Å². The minimum atomic E-state index is -0.388. The number of rotatable bonds is 10. The van der Waals surface area contributed by atoms with Crippen LogP contribution in [0, 0.1) is 17.8 Å². The number of hydrogen-bond donors (Lipinski definition) is 0. The van der Waals surface area contributed by atoms with Gasteiger partial charge >= 0.3 is 11.9 Å². The van der Waals surface area contributed by atoms with E-state index in [0.29, 0.717) is 19.1 Å². The topological polar surface area (TPSA) is 52.6 Å². The molecule has 0 fully saturated rings. The van der Waals surface area contributed by atoms with E-state index in [-0.39, 0.29) is 30.2 Å². The zero-order valence-electron chi connectivity index (χ0n) is 13.6. The lowest BCUT2D eigenvalue weighted by atomic mass is 9.77. The van der Waals surface area contributed by atoms with Gasteiger partial charge in [-0.25, -0.2) is 0 Å². The van der Waals surface area contributed by atoms with Gasteiger partial charge in [-0.2, -0.15) is 0 Å². The Morgan fingerprint density at radius 3 is 2.05 bits per heavy atom. The Bertz CT molecular complexity index is 288. The highest BCUT2D eigenvalue weighted by molar-refractivity contribution is 5.80. The molecule has 0 aliphatic heterocycles. The molecule has 4 heteroatoms. The summed E-state index contributed by atoms with van der Waals surface area (Å²) >= 11 is 0. The van der Waals surface area contributed by atoms with Gasteiger partial charge in [0.15, 0.2) is 0 Å². The van der Waals surface area contributed by atoms with Crippen molar-refractivity contribution in [2.24, 2.45) is 17.8 Å². The van der Waals surface area contributed by atoms with Crippen molar-refractivity contribution in [2.75, 3.05) is 13.2 Å². The van der Waals surface area contributed by atoms with Crippen molar-refractivity contribution >= 4 is 11.9 Å². The summed E-state index contributed by atoms with van der Waals surface area (Å²) in [5, 5.41) is 0. The Morgan fingerprint density at radius 1 is 1.00 bits per heavy atom. The van der Waals surface area contributed by atoms with Gasteiger partial charge in [0.25, 0.3) is 0 Å². The minimum Gasteiger partial charge on any atom is -0.466 e. The average Bonchev–Trinajstić information content (AvgIpc) is 2.39.